The zero-order chi connectivity index (χ0) is 14.5. The van der Waals surface area contributed by atoms with Crippen LogP contribution in [0, 0.1) is 0 Å². The molecule has 20 heavy (non-hydrogen) atoms. The number of benzene rings is 1. The van der Waals surface area contributed by atoms with Crippen LogP contribution in [0.15, 0.2) is 18.2 Å². The van der Waals surface area contributed by atoms with E-state index < -0.39 is 10.8 Å². The van der Waals surface area contributed by atoms with Gasteiger partial charge in [-0.25, -0.2) is 0 Å². The number of carbonyl (C=O) groups excluding carboxylic acids is 1. The fourth-order valence-electron chi connectivity index (χ4n) is 2.06. The van der Waals surface area contributed by atoms with Crippen LogP contribution in [0.3, 0.4) is 0 Å². The van der Waals surface area contributed by atoms with Gasteiger partial charge in [0.1, 0.15) is 5.75 Å². The maximum atomic E-state index is 12.3. The molecule has 1 aromatic carbocycles. The fraction of sp³-hybridized carbons (Fsp3) is 0.500. The molecule has 1 aliphatic heterocycles. The van der Waals surface area contributed by atoms with E-state index in [2.05, 4.69) is 5.32 Å². The highest BCUT2D eigenvalue weighted by Gasteiger charge is 2.24. The molecule has 0 aromatic heterocycles. The second kappa shape index (κ2) is 7.09. The van der Waals surface area contributed by atoms with E-state index in [9.17, 15) is 9.00 Å². The second-order valence-corrected chi connectivity index (χ2v) is 6.82. The Kier molecular flexibility index (Phi) is 5.43. The summed E-state index contributed by atoms with van der Waals surface area (Å²) in [6.07, 6.45) is 1.62. The van der Waals surface area contributed by atoms with Gasteiger partial charge in [-0.2, -0.15) is 0 Å². The zero-order valence-corrected chi connectivity index (χ0v) is 12.9. The lowest BCUT2D eigenvalue weighted by molar-refractivity contribution is 0.0937. The molecular formula is C14H18ClNO3S. The molecule has 1 fully saturated rings. The highest BCUT2D eigenvalue weighted by atomic mass is 35.5. The third-order valence-corrected chi connectivity index (χ3v) is 4.76. The standard InChI is InChI=1S/C14H18ClNO3S/c1-2-6-19-13-4-3-10(15)8-12(13)14(17)16-11-5-7-20(18)9-11/h3-4,8,11H,2,5-7,9H2,1H3,(H,16,17)/t11-,20-/m0/s1. The highest BCUT2D eigenvalue weighted by Crippen LogP contribution is 2.23. The summed E-state index contributed by atoms with van der Waals surface area (Å²) in [5.74, 6) is 1.49. The summed E-state index contributed by atoms with van der Waals surface area (Å²) in [7, 11) is -0.812. The van der Waals surface area contributed by atoms with Gasteiger partial charge in [0.15, 0.2) is 0 Å². The number of amides is 1. The van der Waals surface area contributed by atoms with Crippen molar-refractivity contribution in [2.75, 3.05) is 18.1 Å². The summed E-state index contributed by atoms with van der Waals surface area (Å²) in [5, 5.41) is 3.39. The number of hydrogen-bond donors (Lipinski definition) is 1. The van der Waals surface area contributed by atoms with Crippen molar-refractivity contribution in [2.45, 2.75) is 25.8 Å². The number of rotatable bonds is 5. The first kappa shape index (κ1) is 15.3. The van der Waals surface area contributed by atoms with Crippen molar-refractivity contribution in [1.29, 1.82) is 0 Å². The molecule has 4 nitrogen and oxygen atoms in total. The van der Waals surface area contributed by atoms with Crippen LogP contribution in [0.1, 0.15) is 30.1 Å². The molecule has 2 atom stereocenters. The van der Waals surface area contributed by atoms with E-state index in [-0.39, 0.29) is 11.9 Å². The Morgan fingerprint density at radius 1 is 1.55 bits per heavy atom. The highest BCUT2D eigenvalue weighted by molar-refractivity contribution is 7.85. The number of hydrogen-bond acceptors (Lipinski definition) is 3. The van der Waals surface area contributed by atoms with Crippen LogP contribution in [-0.2, 0) is 10.8 Å². The molecular weight excluding hydrogens is 298 g/mol. The zero-order valence-electron chi connectivity index (χ0n) is 11.4. The van der Waals surface area contributed by atoms with Gasteiger partial charge in [0.25, 0.3) is 5.91 Å². The molecule has 1 aromatic rings. The van der Waals surface area contributed by atoms with Crippen LogP contribution in [-0.4, -0.2) is 34.3 Å². The summed E-state index contributed by atoms with van der Waals surface area (Å²) in [4.78, 5) is 12.3. The number of ether oxygens (including phenoxy) is 1. The van der Waals surface area contributed by atoms with Gasteiger partial charge in [0.2, 0.25) is 0 Å². The quantitative estimate of drug-likeness (QED) is 0.907. The molecule has 0 unspecified atom stereocenters. The van der Waals surface area contributed by atoms with E-state index in [0.717, 1.165) is 12.8 Å². The van der Waals surface area contributed by atoms with Crippen molar-refractivity contribution in [3.63, 3.8) is 0 Å². The molecule has 1 heterocycles. The smallest absolute Gasteiger partial charge is 0.255 e. The molecule has 0 aliphatic carbocycles. The van der Waals surface area contributed by atoms with Gasteiger partial charge in [-0.1, -0.05) is 18.5 Å². The minimum atomic E-state index is -0.812. The summed E-state index contributed by atoms with van der Waals surface area (Å²) in [6.45, 7) is 2.55. The lowest BCUT2D eigenvalue weighted by Crippen LogP contribution is -2.35. The van der Waals surface area contributed by atoms with E-state index in [0.29, 0.717) is 34.4 Å². The lowest BCUT2D eigenvalue weighted by atomic mass is 10.1. The van der Waals surface area contributed by atoms with Gasteiger partial charge in [0, 0.05) is 33.4 Å². The maximum absolute atomic E-state index is 12.3. The molecule has 1 N–H and O–H groups in total. The fourth-order valence-corrected chi connectivity index (χ4v) is 3.64. The largest absolute Gasteiger partial charge is 0.493 e. The first-order valence-electron chi connectivity index (χ1n) is 6.68. The molecule has 0 bridgehead atoms. The molecule has 110 valence electrons. The minimum Gasteiger partial charge on any atom is -0.493 e. The van der Waals surface area contributed by atoms with Crippen LogP contribution < -0.4 is 10.1 Å². The predicted molar refractivity (Wildman–Crippen MR) is 81.0 cm³/mol. The average Bonchev–Trinajstić information content (AvgIpc) is 2.82. The van der Waals surface area contributed by atoms with Gasteiger partial charge in [-0.3, -0.25) is 9.00 Å². The maximum Gasteiger partial charge on any atom is 0.255 e. The molecule has 6 heteroatoms. The van der Waals surface area contributed by atoms with E-state index in [4.69, 9.17) is 16.3 Å². The number of carbonyl (C=O) groups is 1. The Labute approximate surface area is 126 Å². The van der Waals surface area contributed by atoms with Crippen LogP contribution in [0.2, 0.25) is 5.02 Å². The van der Waals surface area contributed by atoms with Crippen molar-refractivity contribution in [3.05, 3.63) is 28.8 Å². The summed E-state index contributed by atoms with van der Waals surface area (Å²) < 4.78 is 16.9. The molecule has 2 rings (SSSR count). The van der Waals surface area contributed by atoms with E-state index in [1.807, 2.05) is 6.92 Å². The average molecular weight is 316 g/mol. The van der Waals surface area contributed by atoms with Crippen molar-refractivity contribution >= 4 is 28.3 Å². The normalized spacial score (nSPS) is 21.7. The third-order valence-electron chi connectivity index (χ3n) is 3.06. The molecule has 1 amide bonds. The van der Waals surface area contributed by atoms with Gasteiger partial charge >= 0.3 is 0 Å². The summed E-state index contributed by atoms with van der Waals surface area (Å²) in [6, 6.07) is 4.99. The van der Waals surface area contributed by atoms with E-state index in [1.165, 1.54) is 0 Å². The number of halogens is 1. The molecule has 0 saturated carbocycles. The molecule has 1 saturated heterocycles. The van der Waals surface area contributed by atoms with Crippen LogP contribution >= 0.6 is 11.6 Å². The Balaban J connectivity index is 2.10. The van der Waals surface area contributed by atoms with Gasteiger partial charge in [0.05, 0.1) is 12.2 Å². The van der Waals surface area contributed by atoms with Crippen LogP contribution in [0.25, 0.3) is 0 Å². The Morgan fingerprint density at radius 3 is 3.00 bits per heavy atom. The Hall–Kier alpha value is -1.07. The van der Waals surface area contributed by atoms with Crippen molar-refractivity contribution < 1.29 is 13.7 Å². The van der Waals surface area contributed by atoms with E-state index >= 15 is 0 Å². The first-order valence-corrected chi connectivity index (χ1v) is 8.55. The third kappa shape index (κ3) is 3.96. The summed E-state index contributed by atoms with van der Waals surface area (Å²) >= 11 is 5.95. The number of nitrogens with one attached hydrogen (secondary N) is 1. The van der Waals surface area contributed by atoms with Gasteiger partial charge < -0.3 is 10.1 Å². The van der Waals surface area contributed by atoms with Crippen LogP contribution in [0.4, 0.5) is 0 Å². The topological polar surface area (TPSA) is 55.4 Å². The SMILES string of the molecule is CCCOc1ccc(Cl)cc1C(=O)N[C@H]1CC[S@](=O)C1. The van der Waals surface area contributed by atoms with Gasteiger partial charge in [-0.15, -0.1) is 0 Å². The molecule has 0 radical (unpaired) electrons. The first-order chi connectivity index (χ1) is 9.60. The lowest BCUT2D eigenvalue weighted by Gasteiger charge is -2.14. The molecule has 1 aliphatic rings. The second-order valence-electron chi connectivity index (χ2n) is 4.76. The summed E-state index contributed by atoms with van der Waals surface area (Å²) in [5.41, 5.74) is 0.434. The van der Waals surface area contributed by atoms with Gasteiger partial charge in [-0.05, 0) is 31.0 Å². The predicted octanol–water partition coefficient (Wildman–Crippen LogP) is 2.38. The Morgan fingerprint density at radius 2 is 2.35 bits per heavy atom. The van der Waals surface area contributed by atoms with Crippen molar-refractivity contribution in [3.8, 4) is 5.75 Å². The minimum absolute atomic E-state index is 0.0265. The van der Waals surface area contributed by atoms with Crippen molar-refractivity contribution in [1.82, 2.24) is 5.32 Å². The monoisotopic (exact) mass is 315 g/mol. The van der Waals surface area contributed by atoms with Crippen LogP contribution in [0.5, 0.6) is 5.75 Å². The van der Waals surface area contributed by atoms with Crippen molar-refractivity contribution in [2.24, 2.45) is 0 Å². The Bertz CT molecular complexity index is 521. The van der Waals surface area contributed by atoms with E-state index in [1.54, 1.807) is 18.2 Å². The molecule has 0 spiro atoms.